The summed E-state index contributed by atoms with van der Waals surface area (Å²) in [6, 6.07) is 17.7. The van der Waals surface area contributed by atoms with Gasteiger partial charge in [-0.15, -0.1) is 0 Å². The number of carbonyl (C=O) groups excluding carboxylic acids is 4. The van der Waals surface area contributed by atoms with Crippen LogP contribution in [0.5, 0.6) is 0 Å². The molecule has 3 amide bonds. The zero-order chi connectivity index (χ0) is 39.3. The van der Waals surface area contributed by atoms with Crippen molar-refractivity contribution in [2.24, 2.45) is 23.5 Å². The van der Waals surface area contributed by atoms with E-state index >= 15 is 0 Å². The lowest BCUT2D eigenvalue weighted by atomic mass is 9.88. The Hall–Kier alpha value is -4.65. The minimum atomic E-state index is -1.80. The number of aliphatic hydroxyl groups excluding tert-OH is 2. The van der Waals surface area contributed by atoms with Crippen LogP contribution in [-0.4, -0.2) is 79.9 Å². The molecule has 0 aliphatic heterocycles. The van der Waals surface area contributed by atoms with Crippen LogP contribution in [0.25, 0.3) is 0 Å². The van der Waals surface area contributed by atoms with Crippen LogP contribution in [0.3, 0.4) is 0 Å². The molecular weight excluding hydrogens is 676 g/mol. The summed E-state index contributed by atoms with van der Waals surface area (Å²) < 4.78 is 11.1. The molecule has 5 N–H and O–H groups in total. The first-order chi connectivity index (χ1) is 25.0. The summed E-state index contributed by atoms with van der Waals surface area (Å²) in [6.45, 7) is 12.1. The van der Waals surface area contributed by atoms with E-state index in [-0.39, 0.29) is 31.8 Å². The minimum absolute atomic E-state index is 0.0725. The Labute approximate surface area is 313 Å². The van der Waals surface area contributed by atoms with Crippen molar-refractivity contribution in [3.8, 4) is 0 Å². The fraction of sp³-hybridized carbons (Fsp3) is 0.488. The molecule has 1 heterocycles. The second-order valence-corrected chi connectivity index (χ2v) is 15.1. The van der Waals surface area contributed by atoms with E-state index in [2.05, 4.69) is 10.3 Å². The third kappa shape index (κ3) is 13.4. The van der Waals surface area contributed by atoms with Gasteiger partial charge in [0, 0.05) is 18.0 Å². The highest BCUT2D eigenvalue weighted by molar-refractivity contribution is 5.95. The second kappa shape index (κ2) is 20.0. The molecule has 0 saturated heterocycles. The molecule has 0 aliphatic rings. The summed E-state index contributed by atoms with van der Waals surface area (Å²) >= 11 is 0. The first-order valence-corrected chi connectivity index (χ1v) is 18.1. The number of hydrogen-bond acceptors (Lipinski definition) is 10. The first-order valence-electron chi connectivity index (χ1n) is 18.1. The molecule has 12 nitrogen and oxygen atoms in total. The fourth-order valence-electron chi connectivity index (χ4n) is 5.83. The average Bonchev–Trinajstić information content (AvgIpc) is 3.11. The number of hydrogen-bond donors (Lipinski definition) is 4. The molecule has 1 unspecified atom stereocenters. The summed E-state index contributed by atoms with van der Waals surface area (Å²) in [5, 5.41) is 27.1. The van der Waals surface area contributed by atoms with Gasteiger partial charge in [0.15, 0.2) is 0 Å². The summed E-state index contributed by atoms with van der Waals surface area (Å²) in [5.41, 5.74) is 7.54. The maximum atomic E-state index is 14.1. The Balaban J connectivity index is 2.06. The molecule has 0 spiro atoms. The predicted molar refractivity (Wildman–Crippen MR) is 201 cm³/mol. The van der Waals surface area contributed by atoms with Crippen LogP contribution in [0.1, 0.15) is 71.6 Å². The van der Waals surface area contributed by atoms with E-state index in [1.807, 2.05) is 18.2 Å². The van der Waals surface area contributed by atoms with Crippen molar-refractivity contribution in [1.82, 2.24) is 15.2 Å². The number of nitrogens with one attached hydrogen (secondary N) is 1. The Morgan fingerprint density at radius 1 is 0.811 bits per heavy atom. The summed E-state index contributed by atoms with van der Waals surface area (Å²) in [6.07, 6.45) is -1.71. The number of rotatable bonds is 17. The number of imide groups is 1. The van der Waals surface area contributed by atoms with Crippen LogP contribution in [0.15, 0.2) is 85.2 Å². The average molecular weight is 733 g/mol. The third-order valence-electron chi connectivity index (χ3n) is 8.87. The van der Waals surface area contributed by atoms with Gasteiger partial charge in [0.2, 0.25) is 11.8 Å². The molecule has 2 aromatic carbocycles. The zero-order valence-corrected chi connectivity index (χ0v) is 31.8. The number of ether oxygens (including phenoxy) is 2. The highest BCUT2D eigenvalue weighted by atomic mass is 16.6. The molecule has 1 aromatic heterocycles. The van der Waals surface area contributed by atoms with Gasteiger partial charge in [-0.1, -0.05) is 94.4 Å². The van der Waals surface area contributed by atoms with Crippen molar-refractivity contribution in [2.45, 2.75) is 110 Å². The predicted octanol–water partition coefficient (Wildman–Crippen LogP) is 4.59. The Kier molecular flexibility index (Phi) is 16.1. The van der Waals surface area contributed by atoms with Gasteiger partial charge in [-0.25, -0.2) is 9.69 Å². The Morgan fingerprint density at radius 3 is 1.89 bits per heavy atom. The molecule has 12 heteroatoms. The van der Waals surface area contributed by atoms with Crippen molar-refractivity contribution in [3.05, 3.63) is 102 Å². The molecule has 288 valence electrons. The van der Waals surface area contributed by atoms with E-state index < -0.39 is 71.6 Å². The molecule has 53 heavy (non-hydrogen) atoms. The van der Waals surface area contributed by atoms with Gasteiger partial charge in [0.1, 0.15) is 24.4 Å². The lowest BCUT2D eigenvalue weighted by Crippen LogP contribution is -2.62. The summed E-state index contributed by atoms with van der Waals surface area (Å²) in [5.74, 6) is -3.37. The quantitative estimate of drug-likeness (QED) is 0.143. The van der Waals surface area contributed by atoms with Gasteiger partial charge in [-0.3, -0.25) is 19.4 Å². The van der Waals surface area contributed by atoms with E-state index in [0.717, 1.165) is 10.5 Å². The minimum Gasteiger partial charge on any atom is -0.460 e. The van der Waals surface area contributed by atoms with Gasteiger partial charge in [-0.2, -0.15) is 0 Å². The summed E-state index contributed by atoms with van der Waals surface area (Å²) in [4.78, 5) is 59.6. The summed E-state index contributed by atoms with van der Waals surface area (Å²) in [7, 11) is 0. The smallest absolute Gasteiger partial charge is 0.417 e. The van der Waals surface area contributed by atoms with Crippen LogP contribution in [0.4, 0.5) is 4.79 Å². The number of amides is 3. The zero-order valence-electron chi connectivity index (χ0n) is 31.8. The van der Waals surface area contributed by atoms with Crippen LogP contribution < -0.4 is 11.1 Å². The topological polar surface area (TPSA) is 181 Å². The van der Waals surface area contributed by atoms with Crippen LogP contribution >= 0.6 is 0 Å². The van der Waals surface area contributed by atoms with Gasteiger partial charge in [0.25, 0.3) is 0 Å². The largest absolute Gasteiger partial charge is 0.460 e. The Morgan fingerprint density at radius 2 is 1.38 bits per heavy atom. The van der Waals surface area contributed by atoms with Crippen LogP contribution in [-0.2, 0) is 43.3 Å². The second-order valence-electron chi connectivity index (χ2n) is 15.1. The van der Waals surface area contributed by atoms with E-state index in [1.165, 1.54) is 6.20 Å². The molecule has 6 atom stereocenters. The van der Waals surface area contributed by atoms with Gasteiger partial charge >= 0.3 is 12.1 Å². The molecule has 3 aromatic rings. The molecule has 0 radical (unpaired) electrons. The Bertz CT molecular complexity index is 1600. The van der Waals surface area contributed by atoms with E-state index in [4.69, 9.17) is 15.2 Å². The number of pyridine rings is 1. The SMILES string of the molecule is CC(C)C(CC(=O)OC(C)(C)C)C(=O)N[C@@H](Cc1ccccc1)[C@H](O)[C@H](O)[C@H](Cc1ccccc1)N(C(=O)OCc1cccnc1)C(=O)[C@@H](N)C(C)C. The van der Waals surface area contributed by atoms with E-state index in [9.17, 15) is 29.4 Å². The van der Waals surface area contributed by atoms with Crippen molar-refractivity contribution >= 4 is 23.9 Å². The number of aromatic nitrogens is 1. The van der Waals surface area contributed by atoms with Crippen molar-refractivity contribution in [1.29, 1.82) is 0 Å². The monoisotopic (exact) mass is 732 g/mol. The van der Waals surface area contributed by atoms with Crippen molar-refractivity contribution in [2.75, 3.05) is 0 Å². The van der Waals surface area contributed by atoms with Gasteiger partial charge in [0.05, 0.1) is 30.5 Å². The molecule has 0 bridgehead atoms. The normalized spacial score (nSPS) is 15.1. The lowest BCUT2D eigenvalue weighted by Gasteiger charge is -2.39. The number of carbonyl (C=O) groups is 4. The molecule has 0 aliphatic carbocycles. The molecule has 0 fully saturated rings. The van der Waals surface area contributed by atoms with Gasteiger partial charge in [-0.05, 0) is 62.6 Å². The highest BCUT2D eigenvalue weighted by Crippen LogP contribution is 2.24. The third-order valence-corrected chi connectivity index (χ3v) is 8.87. The number of nitrogens with two attached hydrogens (primary N) is 1. The van der Waals surface area contributed by atoms with E-state index in [0.29, 0.717) is 11.1 Å². The maximum absolute atomic E-state index is 14.1. The first kappa shape index (κ1) is 42.8. The number of nitrogens with zero attached hydrogens (tertiary/aromatic N) is 2. The van der Waals surface area contributed by atoms with Crippen LogP contribution in [0, 0.1) is 17.8 Å². The fourth-order valence-corrected chi connectivity index (χ4v) is 5.83. The lowest BCUT2D eigenvalue weighted by molar-refractivity contribution is -0.158. The number of aliphatic hydroxyl groups is 2. The maximum Gasteiger partial charge on any atom is 0.417 e. The molecule has 0 saturated carbocycles. The highest BCUT2D eigenvalue weighted by Gasteiger charge is 2.44. The van der Waals surface area contributed by atoms with Crippen LogP contribution in [0.2, 0.25) is 0 Å². The number of esters is 1. The number of benzene rings is 2. The van der Waals surface area contributed by atoms with E-state index in [1.54, 1.807) is 109 Å². The standard InChI is InChI=1S/C41H56N4O8/c1-26(2)31(23-34(46)53-41(5,6)7)38(49)44-32(21-28-15-10-8-11-16-28)36(47)37(48)33(22-29-17-12-9-13-18-29)45(39(50)35(42)27(3)4)40(51)52-25-30-19-14-20-43-24-30/h8-20,24,26-27,31-33,35-37,47-48H,21-23,25,42H2,1-7H3,(H,44,49)/t31?,32-,33-,35-,36-,37+/m0/s1. The molecule has 3 rings (SSSR count). The molecular formula is C41H56N4O8. The van der Waals surface area contributed by atoms with Gasteiger partial charge < -0.3 is 30.7 Å². The van der Waals surface area contributed by atoms with Crippen molar-refractivity contribution in [3.63, 3.8) is 0 Å². The van der Waals surface area contributed by atoms with Crippen molar-refractivity contribution < 1.29 is 38.9 Å².